The molecule has 2 N–H and O–H groups in total. The van der Waals surface area contributed by atoms with Crippen LogP contribution in [-0.4, -0.2) is 16.4 Å². The van der Waals surface area contributed by atoms with Gasteiger partial charge in [-0.25, -0.2) is 0 Å². The van der Waals surface area contributed by atoms with Gasteiger partial charge in [-0.3, -0.25) is 4.98 Å². The number of nitriles is 1. The Balaban J connectivity index is 2.22. The van der Waals surface area contributed by atoms with Gasteiger partial charge in [0.2, 0.25) is 0 Å². The van der Waals surface area contributed by atoms with E-state index >= 15 is 0 Å². The fourth-order valence-electron chi connectivity index (χ4n) is 1.66. The van der Waals surface area contributed by atoms with E-state index in [9.17, 15) is 0 Å². The summed E-state index contributed by atoms with van der Waals surface area (Å²) in [5.74, 6) is 0.293. The van der Waals surface area contributed by atoms with Crippen LogP contribution < -0.4 is 10.6 Å². The number of aromatic nitrogens is 2. The Morgan fingerprint density at radius 1 is 1.50 bits per heavy atom. The smallest absolute Gasteiger partial charge is 0.157 e. The third-order valence-electron chi connectivity index (χ3n) is 2.50. The van der Waals surface area contributed by atoms with Gasteiger partial charge < -0.3 is 10.6 Å². The maximum atomic E-state index is 9.04. The van der Waals surface area contributed by atoms with Crippen LogP contribution in [0.15, 0.2) is 18.2 Å². The minimum atomic E-state index is 0.293. The molecule has 0 radical (unpaired) electrons. The van der Waals surface area contributed by atoms with Crippen molar-refractivity contribution in [2.75, 3.05) is 17.7 Å². The zero-order valence-corrected chi connectivity index (χ0v) is 11.0. The quantitative estimate of drug-likeness (QED) is 0.911. The van der Waals surface area contributed by atoms with Gasteiger partial charge in [0.1, 0.15) is 16.6 Å². The van der Waals surface area contributed by atoms with Crippen LogP contribution in [0.1, 0.15) is 17.0 Å². The van der Waals surface area contributed by atoms with Gasteiger partial charge in [-0.2, -0.15) is 9.64 Å². The minimum absolute atomic E-state index is 0.293. The SMILES string of the molecule is Cc1cccc(CN(C)c2snc(N)c2C#N)n1. The lowest BCUT2D eigenvalue weighted by Crippen LogP contribution is -2.17. The van der Waals surface area contributed by atoms with Crippen LogP contribution in [0.3, 0.4) is 0 Å². The van der Waals surface area contributed by atoms with E-state index in [0.717, 1.165) is 16.4 Å². The monoisotopic (exact) mass is 259 g/mol. The molecule has 2 aromatic heterocycles. The summed E-state index contributed by atoms with van der Waals surface area (Å²) in [5.41, 5.74) is 8.01. The van der Waals surface area contributed by atoms with Crippen LogP contribution in [0, 0.1) is 18.3 Å². The lowest BCUT2D eigenvalue weighted by atomic mass is 10.3. The van der Waals surface area contributed by atoms with Crippen molar-refractivity contribution in [1.82, 2.24) is 9.36 Å². The topological polar surface area (TPSA) is 78.8 Å². The highest BCUT2D eigenvalue weighted by Gasteiger charge is 2.15. The summed E-state index contributed by atoms with van der Waals surface area (Å²) in [7, 11) is 1.90. The molecule has 0 aliphatic heterocycles. The molecule has 0 aliphatic rings. The molecule has 0 saturated carbocycles. The molecule has 2 aromatic rings. The van der Waals surface area contributed by atoms with E-state index in [1.54, 1.807) is 0 Å². The summed E-state index contributed by atoms with van der Waals surface area (Å²) in [6.07, 6.45) is 0. The van der Waals surface area contributed by atoms with E-state index in [2.05, 4.69) is 15.4 Å². The zero-order valence-electron chi connectivity index (χ0n) is 10.2. The first-order chi connectivity index (χ1) is 8.61. The lowest BCUT2D eigenvalue weighted by Gasteiger charge is -2.16. The average molecular weight is 259 g/mol. The molecule has 2 rings (SSSR count). The molecule has 0 fully saturated rings. The van der Waals surface area contributed by atoms with Crippen molar-refractivity contribution in [2.45, 2.75) is 13.5 Å². The van der Waals surface area contributed by atoms with Crippen molar-refractivity contribution in [3.05, 3.63) is 35.2 Å². The molecule has 0 aliphatic carbocycles. The molecule has 92 valence electrons. The summed E-state index contributed by atoms with van der Waals surface area (Å²) < 4.78 is 4.00. The molecule has 0 unspecified atom stereocenters. The number of nitrogen functional groups attached to an aromatic ring is 1. The molecule has 18 heavy (non-hydrogen) atoms. The number of hydrogen-bond acceptors (Lipinski definition) is 6. The van der Waals surface area contributed by atoms with Gasteiger partial charge in [-0.15, -0.1) is 0 Å². The summed E-state index contributed by atoms with van der Waals surface area (Å²) >= 11 is 1.23. The maximum Gasteiger partial charge on any atom is 0.157 e. The molecule has 0 bridgehead atoms. The van der Waals surface area contributed by atoms with Gasteiger partial charge in [0.15, 0.2) is 5.82 Å². The van der Waals surface area contributed by atoms with Crippen molar-refractivity contribution in [1.29, 1.82) is 5.26 Å². The first-order valence-electron chi connectivity index (χ1n) is 5.40. The molecule has 0 spiro atoms. The summed E-state index contributed by atoms with van der Waals surface area (Å²) in [6, 6.07) is 7.96. The van der Waals surface area contributed by atoms with Crippen molar-refractivity contribution in [3.63, 3.8) is 0 Å². The Morgan fingerprint density at radius 3 is 2.94 bits per heavy atom. The van der Waals surface area contributed by atoms with Gasteiger partial charge in [0.25, 0.3) is 0 Å². The normalized spacial score (nSPS) is 10.1. The molecule has 0 saturated heterocycles. The van der Waals surface area contributed by atoms with Crippen LogP contribution in [0.5, 0.6) is 0 Å². The molecular weight excluding hydrogens is 246 g/mol. The largest absolute Gasteiger partial charge is 0.382 e. The third-order valence-corrected chi connectivity index (χ3v) is 3.48. The Hall–Kier alpha value is -2.13. The second-order valence-electron chi connectivity index (χ2n) is 3.99. The number of pyridine rings is 1. The molecule has 6 heteroatoms. The Bertz CT molecular complexity index is 599. The van der Waals surface area contributed by atoms with E-state index < -0.39 is 0 Å². The van der Waals surface area contributed by atoms with Gasteiger partial charge in [-0.1, -0.05) is 6.07 Å². The molecule has 2 heterocycles. The number of aryl methyl sites for hydroxylation is 1. The standard InChI is InChI=1S/C12H13N5S/c1-8-4-3-5-9(15-8)7-17(2)12-10(6-13)11(14)16-18-12/h3-5H,7H2,1-2H3,(H2,14,16). The van der Waals surface area contributed by atoms with Gasteiger partial charge in [0.05, 0.1) is 12.2 Å². The maximum absolute atomic E-state index is 9.04. The van der Waals surface area contributed by atoms with E-state index in [1.165, 1.54) is 11.5 Å². The van der Waals surface area contributed by atoms with Gasteiger partial charge in [-0.05, 0) is 30.6 Å². The lowest BCUT2D eigenvalue weighted by molar-refractivity contribution is 0.884. The summed E-state index contributed by atoms with van der Waals surface area (Å²) in [4.78, 5) is 6.37. The van der Waals surface area contributed by atoms with Crippen molar-refractivity contribution in [2.24, 2.45) is 0 Å². The Labute approximate surface area is 110 Å². The van der Waals surface area contributed by atoms with Crippen LogP contribution in [0.2, 0.25) is 0 Å². The van der Waals surface area contributed by atoms with Crippen LogP contribution in [0.4, 0.5) is 10.8 Å². The molecule has 0 amide bonds. The predicted molar refractivity (Wildman–Crippen MR) is 72.3 cm³/mol. The Morgan fingerprint density at radius 2 is 2.28 bits per heavy atom. The molecule has 0 aromatic carbocycles. The van der Waals surface area contributed by atoms with Gasteiger partial charge >= 0.3 is 0 Å². The van der Waals surface area contributed by atoms with Crippen molar-refractivity contribution >= 4 is 22.4 Å². The van der Waals surface area contributed by atoms with E-state index in [4.69, 9.17) is 11.0 Å². The number of anilines is 2. The third kappa shape index (κ3) is 2.41. The van der Waals surface area contributed by atoms with Crippen LogP contribution >= 0.6 is 11.5 Å². The summed E-state index contributed by atoms with van der Waals surface area (Å²) in [6.45, 7) is 2.58. The second kappa shape index (κ2) is 5.02. The number of rotatable bonds is 3. The average Bonchev–Trinajstić information content (AvgIpc) is 2.70. The zero-order chi connectivity index (χ0) is 13.1. The predicted octanol–water partition coefficient (Wildman–Crippen LogP) is 1.94. The highest BCUT2D eigenvalue weighted by molar-refractivity contribution is 7.10. The first-order valence-corrected chi connectivity index (χ1v) is 6.18. The fraction of sp³-hybridized carbons (Fsp3) is 0.250. The highest BCUT2D eigenvalue weighted by Crippen LogP contribution is 2.29. The fourth-order valence-corrected chi connectivity index (χ4v) is 2.38. The second-order valence-corrected chi connectivity index (χ2v) is 4.74. The van der Waals surface area contributed by atoms with E-state index in [1.807, 2.05) is 37.1 Å². The molecule has 0 atom stereocenters. The number of hydrogen-bond donors (Lipinski definition) is 1. The number of nitrogens with two attached hydrogens (primary N) is 1. The minimum Gasteiger partial charge on any atom is -0.382 e. The van der Waals surface area contributed by atoms with Crippen LogP contribution in [-0.2, 0) is 6.54 Å². The summed E-state index contributed by atoms with van der Waals surface area (Å²) in [5, 5.41) is 9.82. The molecule has 5 nitrogen and oxygen atoms in total. The first kappa shape index (κ1) is 12.3. The Kier molecular flexibility index (Phi) is 3.44. The molecular formula is C12H13N5S. The highest BCUT2D eigenvalue weighted by atomic mass is 32.1. The van der Waals surface area contributed by atoms with E-state index in [0.29, 0.717) is 17.9 Å². The van der Waals surface area contributed by atoms with Crippen molar-refractivity contribution in [3.8, 4) is 6.07 Å². The van der Waals surface area contributed by atoms with Gasteiger partial charge in [0, 0.05) is 12.7 Å². The van der Waals surface area contributed by atoms with E-state index in [-0.39, 0.29) is 0 Å². The number of nitrogens with zero attached hydrogens (tertiary/aromatic N) is 4. The van der Waals surface area contributed by atoms with Crippen LogP contribution in [0.25, 0.3) is 0 Å². The van der Waals surface area contributed by atoms with Crippen molar-refractivity contribution < 1.29 is 0 Å².